The first-order valence-corrected chi connectivity index (χ1v) is 8.79. The van der Waals surface area contributed by atoms with Crippen molar-refractivity contribution < 1.29 is 10.2 Å². The lowest BCUT2D eigenvalue weighted by molar-refractivity contribution is -0.0179. The Kier molecular flexibility index (Phi) is 3.79. The van der Waals surface area contributed by atoms with Crippen LogP contribution in [0.4, 0.5) is 0 Å². The summed E-state index contributed by atoms with van der Waals surface area (Å²) in [6.45, 7) is 9.16. The molecule has 3 rings (SSSR count). The molecule has 0 amide bonds. The molecule has 0 aromatic heterocycles. The van der Waals surface area contributed by atoms with Crippen molar-refractivity contribution in [2.75, 3.05) is 6.61 Å². The average molecular weight is 302 g/mol. The minimum atomic E-state index is 0.0248. The van der Waals surface area contributed by atoms with Crippen LogP contribution in [0.5, 0.6) is 5.75 Å². The van der Waals surface area contributed by atoms with Crippen molar-refractivity contribution in [2.24, 2.45) is 11.3 Å². The molecule has 2 heteroatoms. The van der Waals surface area contributed by atoms with Gasteiger partial charge < -0.3 is 10.2 Å². The van der Waals surface area contributed by atoms with Gasteiger partial charge in [-0.25, -0.2) is 0 Å². The Morgan fingerprint density at radius 2 is 1.95 bits per heavy atom. The van der Waals surface area contributed by atoms with Crippen molar-refractivity contribution in [3.8, 4) is 5.75 Å². The summed E-state index contributed by atoms with van der Waals surface area (Å²) in [6.07, 6.45) is 5.68. The van der Waals surface area contributed by atoms with Crippen LogP contribution in [0.2, 0.25) is 0 Å². The van der Waals surface area contributed by atoms with E-state index in [4.69, 9.17) is 0 Å². The highest BCUT2D eigenvalue weighted by molar-refractivity contribution is 5.48. The van der Waals surface area contributed by atoms with E-state index in [0.29, 0.717) is 17.6 Å². The molecule has 1 aromatic carbocycles. The highest BCUT2D eigenvalue weighted by Crippen LogP contribution is 2.57. The first kappa shape index (κ1) is 15.9. The number of aliphatic hydroxyl groups excluding tert-OH is 1. The third kappa shape index (κ3) is 2.19. The highest BCUT2D eigenvalue weighted by Gasteiger charge is 2.51. The molecule has 1 saturated carbocycles. The van der Waals surface area contributed by atoms with Gasteiger partial charge in [-0.15, -0.1) is 0 Å². The van der Waals surface area contributed by atoms with Gasteiger partial charge in [-0.2, -0.15) is 0 Å². The number of rotatable bonds is 2. The number of fused-ring (bicyclic) bond motifs is 3. The SMILES string of the molecule is CC(C)c1cc2c(cc1O)[C@]1(C)CCC[C@@](C)(CO)[C@@H]1CC2. The van der Waals surface area contributed by atoms with Crippen LogP contribution >= 0.6 is 0 Å². The van der Waals surface area contributed by atoms with Crippen LogP contribution in [0.1, 0.15) is 76.0 Å². The monoisotopic (exact) mass is 302 g/mol. The Morgan fingerprint density at radius 1 is 1.23 bits per heavy atom. The predicted molar refractivity (Wildman–Crippen MR) is 90.4 cm³/mol. The topological polar surface area (TPSA) is 40.5 Å². The van der Waals surface area contributed by atoms with Gasteiger partial charge in [0, 0.05) is 6.61 Å². The van der Waals surface area contributed by atoms with Crippen molar-refractivity contribution in [1.29, 1.82) is 0 Å². The molecule has 122 valence electrons. The number of aliphatic hydroxyl groups is 1. The summed E-state index contributed by atoms with van der Waals surface area (Å²) in [5.74, 6) is 1.31. The minimum Gasteiger partial charge on any atom is -0.508 e. The van der Waals surface area contributed by atoms with Crippen LogP contribution in [0.3, 0.4) is 0 Å². The Balaban J connectivity index is 2.11. The van der Waals surface area contributed by atoms with Gasteiger partial charge in [-0.05, 0) is 71.1 Å². The van der Waals surface area contributed by atoms with E-state index in [-0.39, 0.29) is 17.4 Å². The van der Waals surface area contributed by atoms with Crippen LogP contribution in [0.15, 0.2) is 12.1 Å². The Hall–Kier alpha value is -1.02. The smallest absolute Gasteiger partial charge is 0.119 e. The summed E-state index contributed by atoms with van der Waals surface area (Å²) in [5.41, 5.74) is 3.95. The van der Waals surface area contributed by atoms with E-state index in [2.05, 4.69) is 33.8 Å². The fourth-order valence-corrected chi connectivity index (χ4v) is 5.31. The highest BCUT2D eigenvalue weighted by atomic mass is 16.3. The third-order valence-electron chi connectivity index (χ3n) is 6.61. The Morgan fingerprint density at radius 3 is 2.59 bits per heavy atom. The predicted octanol–water partition coefficient (Wildman–Crippen LogP) is 4.52. The molecule has 0 saturated heterocycles. The van der Waals surface area contributed by atoms with E-state index >= 15 is 0 Å². The van der Waals surface area contributed by atoms with Gasteiger partial charge in [-0.3, -0.25) is 0 Å². The number of phenolic OH excluding ortho intramolecular Hbond substituents is 1. The van der Waals surface area contributed by atoms with Gasteiger partial charge in [0.05, 0.1) is 0 Å². The normalized spacial score (nSPS) is 34.4. The zero-order chi connectivity index (χ0) is 16.1. The molecule has 0 bridgehead atoms. The van der Waals surface area contributed by atoms with Crippen molar-refractivity contribution >= 4 is 0 Å². The molecular weight excluding hydrogens is 272 g/mol. The lowest BCUT2D eigenvalue weighted by Gasteiger charge is -2.55. The first-order valence-electron chi connectivity index (χ1n) is 8.79. The largest absolute Gasteiger partial charge is 0.508 e. The number of phenols is 1. The molecule has 0 aliphatic heterocycles. The quantitative estimate of drug-likeness (QED) is 0.843. The number of hydrogen-bond acceptors (Lipinski definition) is 2. The van der Waals surface area contributed by atoms with Crippen LogP contribution in [0, 0.1) is 11.3 Å². The molecular formula is C20H30O2. The molecule has 1 aromatic rings. The second kappa shape index (κ2) is 5.26. The van der Waals surface area contributed by atoms with Crippen LogP contribution in [-0.4, -0.2) is 16.8 Å². The lowest BCUT2D eigenvalue weighted by Crippen LogP contribution is -2.50. The molecule has 0 spiro atoms. The van der Waals surface area contributed by atoms with E-state index in [9.17, 15) is 10.2 Å². The number of aryl methyl sites for hydroxylation is 1. The standard InChI is InChI=1S/C20H30O2/c1-13(2)15-10-14-6-7-18-19(3,12-21)8-5-9-20(18,4)16(14)11-17(15)22/h10-11,13,18,21-22H,5-9,12H2,1-4H3/t18-,19-,20-/m0/s1. The summed E-state index contributed by atoms with van der Waals surface area (Å²) in [4.78, 5) is 0. The van der Waals surface area contributed by atoms with Crippen molar-refractivity contribution in [1.82, 2.24) is 0 Å². The molecule has 2 aliphatic rings. The summed E-state index contributed by atoms with van der Waals surface area (Å²) in [6, 6.07) is 4.28. The molecule has 0 radical (unpaired) electrons. The van der Waals surface area contributed by atoms with Gasteiger partial charge in [0.2, 0.25) is 0 Å². The van der Waals surface area contributed by atoms with Gasteiger partial charge in [-0.1, -0.05) is 40.2 Å². The summed E-state index contributed by atoms with van der Waals surface area (Å²) < 4.78 is 0. The zero-order valence-electron chi connectivity index (χ0n) is 14.4. The summed E-state index contributed by atoms with van der Waals surface area (Å²) in [7, 11) is 0. The van der Waals surface area contributed by atoms with Crippen molar-refractivity contribution in [3.05, 3.63) is 28.8 Å². The van der Waals surface area contributed by atoms with E-state index in [1.165, 1.54) is 17.5 Å². The van der Waals surface area contributed by atoms with E-state index in [1.54, 1.807) is 0 Å². The van der Waals surface area contributed by atoms with Crippen molar-refractivity contribution in [2.45, 2.75) is 71.1 Å². The third-order valence-corrected chi connectivity index (χ3v) is 6.61. The second-order valence-electron chi connectivity index (χ2n) is 8.40. The molecule has 2 N–H and O–H groups in total. The van der Waals surface area contributed by atoms with Gasteiger partial charge >= 0.3 is 0 Å². The molecule has 0 heterocycles. The van der Waals surface area contributed by atoms with E-state index < -0.39 is 0 Å². The number of hydrogen-bond donors (Lipinski definition) is 2. The van der Waals surface area contributed by atoms with Gasteiger partial charge in [0.25, 0.3) is 0 Å². The van der Waals surface area contributed by atoms with Gasteiger partial charge in [0.15, 0.2) is 0 Å². The molecule has 0 unspecified atom stereocenters. The van der Waals surface area contributed by atoms with Crippen LogP contribution < -0.4 is 0 Å². The maximum absolute atomic E-state index is 10.5. The van der Waals surface area contributed by atoms with E-state index in [0.717, 1.165) is 31.2 Å². The Labute approximate surface area is 134 Å². The molecule has 1 fully saturated rings. The van der Waals surface area contributed by atoms with Crippen molar-refractivity contribution in [3.63, 3.8) is 0 Å². The molecule has 22 heavy (non-hydrogen) atoms. The Bertz CT molecular complexity index is 577. The lowest BCUT2D eigenvalue weighted by atomic mass is 9.50. The fraction of sp³-hybridized carbons (Fsp3) is 0.700. The maximum Gasteiger partial charge on any atom is 0.119 e. The maximum atomic E-state index is 10.5. The van der Waals surface area contributed by atoms with E-state index in [1.807, 2.05) is 6.07 Å². The summed E-state index contributed by atoms with van der Waals surface area (Å²) >= 11 is 0. The zero-order valence-corrected chi connectivity index (χ0v) is 14.4. The summed E-state index contributed by atoms with van der Waals surface area (Å²) in [5, 5.41) is 20.5. The molecule has 2 aliphatic carbocycles. The number of aromatic hydroxyl groups is 1. The molecule has 2 nitrogen and oxygen atoms in total. The number of benzene rings is 1. The van der Waals surface area contributed by atoms with Crippen LogP contribution in [-0.2, 0) is 11.8 Å². The van der Waals surface area contributed by atoms with Crippen LogP contribution in [0.25, 0.3) is 0 Å². The second-order valence-corrected chi connectivity index (χ2v) is 8.40. The minimum absolute atomic E-state index is 0.0248. The fourth-order valence-electron chi connectivity index (χ4n) is 5.31. The average Bonchev–Trinajstić information content (AvgIpc) is 2.47. The van der Waals surface area contributed by atoms with Gasteiger partial charge in [0.1, 0.15) is 5.75 Å². The molecule has 3 atom stereocenters. The first-order chi connectivity index (χ1) is 10.3.